The maximum atomic E-state index is 12.9. The van der Waals surface area contributed by atoms with Crippen LogP contribution in [0.15, 0.2) is 24.3 Å². The van der Waals surface area contributed by atoms with Gasteiger partial charge in [-0.2, -0.15) is 0 Å². The summed E-state index contributed by atoms with van der Waals surface area (Å²) in [5, 5.41) is 10.4. The van der Waals surface area contributed by atoms with Crippen LogP contribution in [0.3, 0.4) is 0 Å². The number of aliphatic hydroxyl groups is 1. The largest absolute Gasteiger partial charge is 0.491 e. The maximum Gasteiger partial charge on any atom is 0.254 e. The van der Waals surface area contributed by atoms with Crippen LogP contribution in [0.25, 0.3) is 0 Å². The van der Waals surface area contributed by atoms with Crippen molar-refractivity contribution in [3.63, 3.8) is 0 Å². The third-order valence-electron chi connectivity index (χ3n) is 5.70. The van der Waals surface area contributed by atoms with Gasteiger partial charge in [0.25, 0.3) is 5.91 Å². The zero-order valence-electron chi connectivity index (χ0n) is 15.2. The Balaban J connectivity index is 1.37. The summed E-state index contributed by atoms with van der Waals surface area (Å²) in [6.45, 7) is 4.38. The number of benzene rings is 1. The van der Waals surface area contributed by atoms with Gasteiger partial charge in [-0.05, 0) is 57.0 Å². The number of carbonyl (C=O) groups excluding carboxylic acids is 1. The van der Waals surface area contributed by atoms with E-state index < -0.39 is 6.10 Å². The van der Waals surface area contributed by atoms with Gasteiger partial charge in [-0.15, -0.1) is 0 Å². The number of carbonyl (C=O) groups is 1. The van der Waals surface area contributed by atoms with Gasteiger partial charge in [0.2, 0.25) is 0 Å². The van der Waals surface area contributed by atoms with Gasteiger partial charge >= 0.3 is 0 Å². The first-order chi connectivity index (χ1) is 12.7. The lowest BCUT2D eigenvalue weighted by atomic mass is 10.2. The monoisotopic (exact) mass is 360 g/mol. The van der Waals surface area contributed by atoms with Crippen molar-refractivity contribution < 1.29 is 19.4 Å². The molecule has 4 rings (SSSR count). The van der Waals surface area contributed by atoms with Crippen molar-refractivity contribution in [2.45, 2.75) is 43.9 Å². The molecule has 3 heterocycles. The second-order valence-electron chi connectivity index (χ2n) is 7.56. The lowest BCUT2D eigenvalue weighted by Crippen LogP contribution is -2.41. The van der Waals surface area contributed by atoms with Crippen molar-refractivity contribution >= 4 is 5.91 Å². The number of amides is 1. The first-order valence-corrected chi connectivity index (χ1v) is 9.76. The summed E-state index contributed by atoms with van der Waals surface area (Å²) in [6.07, 6.45) is 4.17. The quantitative estimate of drug-likeness (QED) is 0.863. The highest BCUT2D eigenvalue weighted by Gasteiger charge is 2.38. The number of nitrogens with zero attached hydrogens (tertiary/aromatic N) is 2. The molecule has 26 heavy (non-hydrogen) atoms. The first kappa shape index (κ1) is 17.8. The normalized spacial score (nSPS) is 29.4. The molecule has 0 spiro atoms. The van der Waals surface area contributed by atoms with E-state index in [0.717, 1.165) is 32.5 Å². The molecule has 1 N–H and O–H groups in total. The minimum atomic E-state index is -0.462. The van der Waals surface area contributed by atoms with Crippen molar-refractivity contribution in [3.05, 3.63) is 29.8 Å². The van der Waals surface area contributed by atoms with E-state index in [2.05, 4.69) is 4.90 Å². The molecule has 0 saturated carbocycles. The predicted molar refractivity (Wildman–Crippen MR) is 97.4 cm³/mol. The van der Waals surface area contributed by atoms with Crippen molar-refractivity contribution in [3.8, 4) is 5.75 Å². The molecule has 3 fully saturated rings. The molecule has 0 bridgehead atoms. The van der Waals surface area contributed by atoms with Crippen LogP contribution in [0.1, 0.15) is 36.0 Å². The number of hydrogen-bond donors (Lipinski definition) is 1. The molecule has 6 nitrogen and oxygen atoms in total. The molecule has 3 saturated heterocycles. The second-order valence-corrected chi connectivity index (χ2v) is 7.56. The third kappa shape index (κ3) is 3.87. The molecule has 6 heteroatoms. The van der Waals surface area contributed by atoms with Crippen molar-refractivity contribution in [1.29, 1.82) is 0 Å². The minimum absolute atomic E-state index is 0.0340. The highest BCUT2D eigenvalue weighted by atomic mass is 16.5. The van der Waals surface area contributed by atoms with E-state index in [1.807, 2.05) is 18.2 Å². The highest BCUT2D eigenvalue weighted by molar-refractivity contribution is 5.94. The summed E-state index contributed by atoms with van der Waals surface area (Å²) < 4.78 is 11.4. The highest BCUT2D eigenvalue weighted by Crippen LogP contribution is 2.24. The molecular weight excluding hydrogens is 332 g/mol. The number of β-amino-alcohol motifs (C(OH)–C–C–N with tert-alkyl or cyclic N) is 1. The summed E-state index contributed by atoms with van der Waals surface area (Å²) in [5.41, 5.74) is 0.615. The van der Waals surface area contributed by atoms with Gasteiger partial charge in [0, 0.05) is 25.3 Å². The Bertz CT molecular complexity index is 626. The van der Waals surface area contributed by atoms with Gasteiger partial charge in [-0.25, -0.2) is 0 Å². The Labute approximate surface area is 154 Å². The SMILES string of the molecule is O=C(c1cccc(OC[C@@H]2CCCO2)c1)N1C[C@H](O)[C@@H](N2CCCC2)C1. The summed E-state index contributed by atoms with van der Waals surface area (Å²) in [7, 11) is 0. The molecule has 0 aromatic heterocycles. The van der Waals surface area contributed by atoms with Crippen LogP contribution in [-0.4, -0.2) is 78.5 Å². The molecule has 1 amide bonds. The molecule has 0 unspecified atom stereocenters. The molecule has 3 atom stereocenters. The Kier molecular flexibility index (Phi) is 5.43. The van der Waals surface area contributed by atoms with Gasteiger partial charge in [0.05, 0.1) is 18.2 Å². The molecule has 1 aromatic rings. The fraction of sp³-hybridized carbons (Fsp3) is 0.650. The summed E-state index contributed by atoms with van der Waals surface area (Å²) in [4.78, 5) is 17.0. The second kappa shape index (κ2) is 7.94. The number of aliphatic hydroxyl groups excluding tert-OH is 1. The fourth-order valence-electron chi connectivity index (χ4n) is 4.23. The number of rotatable bonds is 5. The average Bonchev–Trinajstić information content (AvgIpc) is 3.41. The number of ether oxygens (including phenoxy) is 2. The Morgan fingerprint density at radius 2 is 2.08 bits per heavy atom. The summed E-state index contributed by atoms with van der Waals surface area (Å²) >= 11 is 0. The number of hydrogen-bond acceptors (Lipinski definition) is 5. The molecule has 0 aliphatic carbocycles. The standard InChI is InChI=1S/C20H28N2O4/c23-19-13-22(12-18(19)21-8-1-2-9-21)20(24)15-5-3-6-16(11-15)26-14-17-7-4-10-25-17/h3,5-6,11,17-19,23H,1-2,4,7-10,12-14H2/t17-,18-,19-/m0/s1. The van der Waals surface area contributed by atoms with Crippen LogP contribution in [0.2, 0.25) is 0 Å². The van der Waals surface area contributed by atoms with Crippen LogP contribution < -0.4 is 4.74 Å². The van der Waals surface area contributed by atoms with E-state index in [4.69, 9.17) is 9.47 Å². The van der Waals surface area contributed by atoms with Crippen molar-refractivity contribution in [1.82, 2.24) is 9.80 Å². The Morgan fingerprint density at radius 1 is 1.23 bits per heavy atom. The van der Waals surface area contributed by atoms with Crippen molar-refractivity contribution in [2.75, 3.05) is 39.4 Å². The molecule has 3 aliphatic rings. The van der Waals surface area contributed by atoms with E-state index >= 15 is 0 Å². The smallest absolute Gasteiger partial charge is 0.254 e. The van der Waals surface area contributed by atoms with E-state index in [9.17, 15) is 9.90 Å². The van der Waals surface area contributed by atoms with E-state index in [1.165, 1.54) is 12.8 Å². The van der Waals surface area contributed by atoms with Crippen LogP contribution in [-0.2, 0) is 4.74 Å². The Hall–Kier alpha value is -1.63. The topological polar surface area (TPSA) is 62.2 Å². The summed E-state index contributed by atoms with van der Waals surface area (Å²) in [6, 6.07) is 7.41. The van der Waals surface area contributed by atoms with E-state index in [-0.39, 0.29) is 18.1 Å². The van der Waals surface area contributed by atoms with Crippen LogP contribution in [0.5, 0.6) is 5.75 Å². The van der Waals surface area contributed by atoms with Gasteiger partial charge in [-0.1, -0.05) is 6.07 Å². The fourth-order valence-corrected chi connectivity index (χ4v) is 4.23. The van der Waals surface area contributed by atoms with Gasteiger partial charge < -0.3 is 19.5 Å². The van der Waals surface area contributed by atoms with Gasteiger partial charge in [-0.3, -0.25) is 9.69 Å². The number of likely N-dealkylation sites (tertiary alicyclic amines) is 2. The molecular formula is C20H28N2O4. The van der Waals surface area contributed by atoms with Crippen LogP contribution >= 0.6 is 0 Å². The average molecular weight is 360 g/mol. The maximum absolute atomic E-state index is 12.9. The first-order valence-electron chi connectivity index (χ1n) is 9.76. The van der Waals surface area contributed by atoms with E-state index in [1.54, 1.807) is 11.0 Å². The van der Waals surface area contributed by atoms with Crippen molar-refractivity contribution in [2.24, 2.45) is 0 Å². The minimum Gasteiger partial charge on any atom is -0.491 e. The molecule has 1 aromatic carbocycles. The molecule has 142 valence electrons. The van der Waals surface area contributed by atoms with Crippen LogP contribution in [0, 0.1) is 0 Å². The lowest BCUT2D eigenvalue weighted by molar-refractivity contribution is 0.0677. The molecule has 0 radical (unpaired) electrons. The summed E-state index contributed by atoms with van der Waals surface area (Å²) in [5.74, 6) is 0.663. The molecule has 3 aliphatic heterocycles. The van der Waals surface area contributed by atoms with Gasteiger partial charge in [0.1, 0.15) is 12.4 Å². The predicted octanol–water partition coefficient (Wildman–Crippen LogP) is 1.53. The van der Waals surface area contributed by atoms with E-state index in [0.29, 0.717) is 31.0 Å². The Morgan fingerprint density at radius 3 is 2.85 bits per heavy atom. The van der Waals surface area contributed by atoms with Gasteiger partial charge in [0.15, 0.2) is 0 Å². The van der Waals surface area contributed by atoms with Crippen LogP contribution in [0.4, 0.5) is 0 Å². The third-order valence-corrected chi connectivity index (χ3v) is 5.70. The lowest BCUT2D eigenvalue weighted by Gasteiger charge is -2.25. The zero-order valence-corrected chi connectivity index (χ0v) is 15.2. The zero-order chi connectivity index (χ0) is 17.9.